The lowest BCUT2D eigenvalue weighted by Crippen LogP contribution is -2.21. The van der Waals surface area contributed by atoms with E-state index in [4.69, 9.17) is 4.52 Å². The maximum Gasteiger partial charge on any atom is 0.509 e. The van der Waals surface area contributed by atoms with E-state index in [2.05, 4.69) is 9.56 Å². The van der Waals surface area contributed by atoms with Crippen molar-refractivity contribution in [2.24, 2.45) is 5.92 Å². The lowest BCUT2D eigenvalue weighted by Gasteiger charge is -2.26. The average molecular weight is 302 g/mol. The highest BCUT2D eigenvalue weighted by Gasteiger charge is 2.35. The highest BCUT2D eigenvalue weighted by atomic mass is 31.2. The maximum atomic E-state index is 11.8. The minimum Gasteiger partial charge on any atom is -0.300 e. The van der Waals surface area contributed by atoms with Crippen LogP contribution in [0.25, 0.3) is 0 Å². The Morgan fingerprint density at radius 2 is 1.80 bits per heavy atom. The minimum atomic E-state index is -4.52. The zero-order chi connectivity index (χ0) is 15.4. The van der Waals surface area contributed by atoms with Crippen molar-refractivity contribution in [2.75, 3.05) is 0 Å². The van der Waals surface area contributed by atoms with E-state index in [0.29, 0.717) is 5.56 Å². The maximum absolute atomic E-state index is 11.8. The zero-order valence-electron chi connectivity index (χ0n) is 11.9. The molecule has 1 atom stereocenters. The van der Waals surface area contributed by atoms with Crippen molar-refractivity contribution in [3.05, 3.63) is 35.9 Å². The largest absolute Gasteiger partial charge is 0.509 e. The molecule has 0 aliphatic carbocycles. The molecule has 7 heteroatoms. The quantitative estimate of drug-likeness (QED) is 0.494. The van der Waals surface area contributed by atoms with E-state index >= 15 is 0 Å². The van der Waals surface area contributed by atoms with Crippen molar-refractivity contribution in [1.82, 2.24) is 0 Å². The van der Waals surface area contributed by atoms with Gasteiger partial charge in [-0.3, -0.25) is 9.41 Å². The average Bonchev–Trinajstić information content (AvgIpc) is 2.35. The number of benzene rings is 1. The van der Waals surface area contributed by atoms with E-state index in [1.807, 2.05) is 6.07 Å². The lowest BCUT2D eigenvalue weighted by atomic mass is 9.99. The van der Waals surface area contributed by atoms with E-state index in [1.165, 1.54) is 0 Å². The van der Waals surface area contributed by atoms with Crippen molar-refractivity contribution >= 4 is 13.8 Å². The fourth-order valence-corrected chi connectivity index (χ4v) is 2.26. The smallest absolute Gasteiger partial charge is 0.300 e. The summed E-state index contributed by atoms with van der Waals surface area (Å²) in [6.07, 6.45) is 0. The number of carbonyl (C=O) groups excluding carboxylic acids is 1. The van der Waals surface area contributed by atoms with Gasteiger partial charge in [0.05, 0.1) is 11.5 Å². The second-order valence-electron chi connectivity index (χ2n) is 5.07. The molecule has 0 fully saturated rings. The zero-order valence-corrected chi connectivity index (χ0v) is 12.8. The molecule has 0 aliphatic heterocycles. The second-order valence-corrected chi connectivity index (χ2v) is 6.34. The Morgan fingerprint density at radius 1 is 1.25 bits per heavy atom. The van der Waals surface area contributed by atoms with E-state index < -0.39 is 25.3 Å². The summed E-state index contributed by atoms with van der Waals surface area (Å²) in [7, 11) is -4.52. The number of rotatable bonds is 6. The number of phosphoric ester groups is 1. The van der Waals surface area contributed by atoms with Gasteiger partial charge in [0.15, 0.2) is 0 Å². The SMILES string of the molecule is CC(C)C(=O)OOP(=O)(O)OC(C)(C)c1ccccc1. The van der Waals surface area contributed by atoms with E-state index in [-0.39, 0.29) is 0 Å². The summed E-state index contributed by atoms with van der Waals surface area (Å²) < 4.78 is 21.1. The van der Waals surface area contributed by atoms with Gasteiger partial charge in [-0.25, -0.2) is 9.36 Å². The number of phosphoric acid groups is 1. The van der Waals surface area contributed by atoms with Crippen molar-refractivity contribution in [3.8, 4) is 0 Å². The van der Waals surface area contributed by atoms with Crippen molar-refractivity contribution in [2.45, 2.75) is 33.3 Å². The molecule has 0 spiro atoms. The van der Waals surface area contributed by atoms with Crippen molar-refractivity contribution in [1.29, 1.82) is 0 Å². The van der Waals surface area contributed by atoms with Crippen LogP contribution in [0.2, 0.25) is 0 Å². The summed E-state index contributed by atoms with van der Waals surface area (Å²) in [5.41, 5.74) is -0.386. The van der Waals surface area contributed by atoms with Crippen LogP contribution in [0.1, 0.15) is 33.3 Å². The predicted molar refractivity (Wildman–Crippen MR) is 72.4 cm³/mol. The summed E-state index contributed by atoms with van der Waals surface area (Å²) in [6.45, 7) is 6.36. The highest BCUT2D eigenvalue weighted by molar-refractivity contribution is 7.47. The molecule has 0 amide bonds. The van der Waals surface area contributed by atoms with Gasteiger partial charge in [0, 0.05) is 0 Å². The first-order chi connectivity index (χ1) is 9.14. The minimum absolute atomic E-state index is 0.475. The Labute approximate surface area is 118 Å². The van der Waals surface area contributed by atoms with Gasteiger partial charge < -0.3 is 4.89 Å². The van der Waals surface area contributed by atoms with Gasteiger partial charge in [-0.1, -0.05) is 48.9 Å². The third-order valence-electron chi connectivity index (χ3n) is 2.50. The molecule has 6 nitrogen and oxygen atoms in total. The van der Waals surface area contributed by atoms with Crippen molar-refractivity contribution in [3.63, 3.8) is 0 Å². The van der Waals surface area contributed by atoms with E-state index in [1.54, 1.807) is 52.0 Å². The molecule has 0 saturated heterocycles. The molecular weight excluding hydrogens is 283 g/mol. The topological polar surface area (TPSA) is 82.1 Å². The molecule has 0 heterocycles. The van der Waals surface area contributed by atoms with Crippen molar-refractivity contribution < 1.29 is 28.3 Å². The molecule has 20 heavy (non-hydrogen) atoms. The number of hydrogen-bond donors (Lipinski definition) is 1. The van der Waals surface area contributed by atoms with Gasteiger partial charge in [-0.05, 0) is 19.4 Å². The Bertz CT molecular complexity index is 497. The molecule has 0 bridgehead atoms. The fourth-order valence-electron chi connectivity index (χ4n) is 1.38. The Hall–Kier alpha value is -1.20. The molecular formula is C13H19O6P. The van der Waals surface area contributed by atoms with Gasteiger partial charge in [0.1, 0.15) is 0 Å². The van der Waals surface area contributed by atoms with Crippen LogP contribution in [-0.2, 0) is 29.0 Å². The van der Waals surface area contributed by atoms with Crippen LogP contribution in [0.5, 0.6) is 0 Å². The molecule has 1 unspecified atom stereocenters. The third kappa shape index (κ3) is 5.06. The normalized spacial score (nSPS) is 14.9. The first-order valence-electron chi connectivity index (χ1n) is 6.13. The first-order valence-corrected chi connectivity index (χ1v) is 7.63. The summed E-state index contributed by atoms with van der Waals surface area (Å²) in [4.78, 5) is 25.0. The van der Waals surface area contributed by atoms with Gasteiger partial charge in [-0.15, -0.1) is 0 Å². The molecule has 1 rings (SSSR count). The highest BCUT2D eigenvalue weighted by Crippen LogP contribution is 2.50. The Kier molecular flexibility index (Phi) is 5.48. The molecule has 1 N–H and O–H groups in total. The summed E-state index contributed by atoms with van der Waals surface area (Å²) in [5, 5.41) is 0. The third-order valence-corrected chi connectivity index (χ3v) is 3.45. The van der Waals surface area contributed by atoms with Crippen LogP contribution in [-0.4, -0.2) is 10.9 Å². The van der Waals surface area contributed by atoms with Gasteiger partial charge in [0.25, 0.3) is 0 Å². The van der Waals surface area contributed by atoms with Gasteiger partial charge in [-0.2, -0.15) is 0 Å². The molecule has 0 aromatic heterocycles. The van der Waals surface area contributed by atoms with E-state index in [9.17, 15) is 14.3 Å². The van der Waals surface area contributed by atoms with E-state index in [0.717, 1.165) is 0 Å². The predicted octanol–water partition coefficient (Wildman–Crippen LogP) is 3.17. The van der Waals surface area contributed by atoms with Crippen LogP contribution in [0, 0.1) is 5.92 Å². The van der Waals surface area contributed by atoms with Gasteiger partial charge >= 0.3 is 13.8 Å². The monoisotopic (exact) mass is 302 g/mol. The molecule has 112 valence electrons. The van der Waals surface area contributed by atoms with Crippen LogP contribution in [0.15, 0.2) is 30.3 Å². The number of carbonyl (C=O) groups is 1. The molecule has 1 aromatic rings. The van der Waals surface area contributed by atoms with Crippen LogP contribution in [0.4, 0.5) is 0 Å². The molecule has 0 radical (unpaired) electrons. The second kappa shape index (κ2) is 6.50. The van der Waals surface area contributed by atoms with Gasteiger partial charge in [0.2, 0.25) is 0 Å². The van der Waals surface area contributed by atoms with Crippen LogP contribution < -0.4 is 0 Å². The first kappa shape index (κ1) is 16.9. The Balaban J connectivity index is 2.70. The number of hydrogen-bond acceptors (Lipinski definition) is 5. The van der Waals surface area contributed by atoms with Crippen LogP contribution in [0.3, 0.4) is 0 Å². The molecule has 0 saturated carbocycles. The fraction of sp³-hybridized carbons (Fsp3) is 0.462. The lowest BCUT2D eigenvalue weighted by molar-refractivity contribution is -0.230. The van der Waals surface area contributed by atoms with Crippen LogP contribution >= 0.6 is 7.82 Å². The molecule has 0 aliphatic rings. The summed E-state index contributed by atoms with van der Waals surface area (Å²) >= 11 is 0. The summed E-state index contributed by atoms with van der Waals surface area (Å²) in [5.74, 6) is -1.22. The Morgan fingerprint density at radius 3 is 2.30 bits per heavy atom. The standard InChI is InChI=1S/C13H19O6P/c1-10(2)12(14)17-19-20(15,16)18-13(3,4)11-8-6-5-7-9-11/h5-10H,1-4H3,(H,15,16). The molecule has 1 aromatic carbocycles. The summed E-state index contributed by atoms with van der Waals surface area (Å²) in [6, 6.07) is 8.88.